The van der Waals surface area contributed by atoms with Gasteiger partial charge in [-0.1, -0.05) is 18.2 Å². The molecule has 0 bridgehead atoms. The minimum Gasteiger partial charge on any atom is -0.481 e. The van der Waals surface area contributed by atoms with Gasteiger partial charge in [0.2, 0.25) is 0 Å². The van der Waals surface area contributed by atoms with E-state index in [2.05, 4.69) is 11.4 Å². The number of rotatable bonds is 5. The summed E-state index contributed by atoms with van der Waals surface area (Å²) in [4.78, 5) is 27.2. The zero-order valence-corrected chi connectivity index (χ0v) is 16.1. The molecular weight excluding hydrogens is 340 g/mol. The molecule has 0 aliphatic carbocycles. The zero-order valence-electron chi connectivity index (χ0n) is 16.1. The third kappa shape index (κ3) is 4.67. The van der Waals surface area contributed by atoms with Crippen molar-refractivity contribution >= 4 is 17.5 Å². The second-order valence-electron chi connectivity index (χ2n) is 7.12. The largest absolute Gasteiger partial charge is 0.481 e. The molecule has 5 heteroatoms. The summed E-state index contributed by atoms with van der Waals surface area (Å²) in [6.45, 7) is 7.23. The molecule has 2 aromatic rings. The Morgan fingerprint density at radius 3 is 2.33 bits per heavy atom. The molecule has 142 valence electrons. The standard InChI is InChI=1S/C22H26N2O3/c1-15-12-16(2)14-18(13-15)27-17(3)21(25)23-20-9-5-4-8-19(20)22(26)24-10-6-7-11-24/h4-5,8-9,12-14,17H,6-7,10-11H2,1-3H3,(H,23,25)/t17-/m0/s1. The number of benzene rings is 2. The van der Waals surface area contributed by atoms with E-state index in [1.54, 1.807) is 19.1 Å². The molecule has 5 nitrogen and oxygen atoms in total. The molecule has 3 rings (SSSR count). The molecule has 1 fully saturated rings. The average molecular weight is 366 g/mol. The van der Waals surface area contributed by atoms with Crippen LogP contribution >= 0.6 is 0 Å². The molecule has 0 saturated carbocycles. The molecule has 27 heavy (non-hydrogen) atoms. The van der Waals surface area contributed by atoms with Crippen LogP contribution in [0.4, 0.5) is 5.69 Å². The van der Waals surface area contributed by atoms with Crippen molar-refractivity contribution in [1.82, 2.24) is 4.90 Å². The predicted octanol–water partition coefficient (Wildman–Crippen LogP) is 3.95. The molecule has 2 aromatic carbocycles. The summed E-state index contributed by atoms with van der Waals surface area (Å²) in [5.41, 5.74) is 3.21. The topological polar surface area (TPSA) is 58.6 Å². The summed E-state index contributed by atoms with van der Waals surface area (Å²) < 4.78 is 5.80. The van der Waals surface area contributed by atoms with Crippen LogP contribution in [-0.4, -0.2) is 35.9 Å². The highest BCUT2D eigenvalue weighted by Gasteiger charge is 2.23. The summed E-state index contributed by atoms with van der Waals surface area (Å²) >= 11 is 0. The van der Waals surface area contributed by atoms with Crippen molar-refractivity contribution in [3.63, 3.8) is 0 Å². The van der Waals surface area contributed by atoms with Gasteiger partial charge >= 0.3 is 0 Å². The van der Waals surface area contributed by atoms with Crippen molar-refractivity contribution in [1.29, 1.82) is 0 Å². The van der Waals surface area contributed by atoms with E-state index in [9.17, 15) is 9.59 Å². The van der Waals surface area contributed by atoms with Crippen LogP contribution in [0.15, 0.2) is 42.5 Å². The lowest BCUT2D eigenvalue weighted by atomic mass is 10.1. The van der Waals surface area contributed by atoms with Crippen LogP contribution in [-0.2, 0) is 4.79 Å². The molecule has 0 aromatic heterocycles. The van der Waals surface area contributed by atoms with Crippen molar-refractivity contribution in [2.75, 3.05) is 18.4 Å². The molecule has 0 spiro atoms. The lowest BCUT2D eigenvalue weighted by Gasteiger charge is -2.19. The average Bonchev–Trinajstić information content (AvgIpc) is 3.15. The fraction of sp³-hybridized carbons (Fsp3) is 0.364. The van der Waals surface area contributed by atoms with Gasteiger partial charge in [-0.2, -0.15) is 0 Å². The Morgan fingerprint density at radius 1 is 1.04 bits per heavy atom. The van der Waals surface area contributed by atoms with Crippen LogP contribution in [0.2, 0.25) is 0 Å². The van der Waals surface area contributed by atoms with Crippen LogP contribution in [0.3, 0.4) is 0 Å². The molecule has 1 aliphatic heterocycles. The number of hydrogen-bond donors (Lipinski definition) is 1. The summed E-state index contributed by atoms with van der Waals surface area (Å²) in [7, 11) is 0. The number of para-hydroxylation sites is 1. The van der Waals surface area contributed by atoms with E-state index in [4.69, 9.17) is 4.74 Å². The van der Waals surface area contributed by atoms with Crippen molar-refractivity contribution in [2.45, 2.75) is 39.7 Å². The lowest BCUT2D eigenvalue weighted by Crippen LogP contribution is -2.32. The second kappa shape index (κ2) is 8.25. The van der Waals surface area contributed by atoms with Gasteiger partial charge in [0.15, 0.2) is 6.10 Å². The maximum atomic E-state index is 12.7. The Bertz CT molecular complexity index is 821. The quantitative estimate of drug-likeness (QED) is 0.872. The summed E-state index contributed by atoms with van der Waals surface area (Å²) in [6.07, 6.45) is 1.38. The van der Waals surface area contributed by atoms with E-state index in [0.717, 1.165) is 37.1 Å². The van der Waals surface area contributed by atoms with E-state index >= 15 is 0 Å². The maximum absolute atomic E-state index is 12.7. The van der Waals surface area contributed by atoms with Gasteiger partial charge in [0, 0.05) is 13.1 Å². The summed E-state index contributed by atoms with van der Waals surface area (Å²) in [5, 5.41) is 2.85. The van der Waals surface area contributed by atoms with E-state index in [-0.39, 0.29) is 11.8 Å². The van der Waals surface area contributed by atoms with Crippen LogP contribution in [0, 0.1) is 13.8 Å². The Labute approximate surface area is 160 Å². The molecule has 2 amide bonds. The number of likely N-dealkylation sites (tertiary alicyclic amines) is 1. The van der Waals surface area contributed by atoms with Gasteiger partial charge in [-0.3, -0.25) is 9.59 Å². The van der Waals surface area contributed by atoms with Gasteiger partial charge in [-0.25, -0.2) is 0 Å². The van der Waals surface area contributed by atoms with Gasteiger partial charge in [0.05, 0.1) is 11.3 Å². The fourth-order valence-corrected chi connectivity index (χ4v) is 3.36. The molecule has 1 aliphatic rings. The van der Waals surface area contributed by atoms with E-state index in [1.165, 1.54) is 0 Å². The van der Waals surface area contributed by atoms with Crippen LogP contribution in [0.25, 0.3) is 0 Å². The monoisotopic (exact) mass is 366 g/mol. The molecule has 0 radical (unpaired) electrons. The fourth-order valence-electron chi connectivity index (χ4n) is 3.36. The minimum absolute atomic E-state index is 0.0359. The number of carbonyl (C=O) groups excluding carboxylic acids is 2. The number of amides is 2. The van der Waals surface area contributed by atoms with Crippen LogP contribution in [0.5, 0.6) is 5.75 Å². The smallest absolute Gasteiger partial charge is 0.265 e. The third-order valence-corrected chi connectivity index (χ3v) is 4.69. The van der Waals surface area contributed by atoms with Crippen molar-refractivity contribution in [3.05, 3.63) is 59.2 Å². The first-order chi connectivity index (χ1) is 12.9. The predicted molar refractivity (Wildman–Crippen MR) is 106 cm³/mol. The van der Waals surface area contributed by atoms with E-state index < -0.39 is 6.10 Å². The zero-order chi connectivity index (χ0) is 19.4. The van der Waals surface area contributed by atoms with Gasteiger partial charge in [0.1, 0.15) is 5.75 Å². The first-order valence-electron chi connectivity index (χ1n) is 9.38. The Kier molecular flexibility index (Phi) is 5.79. The van der Waals surface area contributed by atoms with Gasteiger partial charge in [-0.05, 0) is 69.0 Å². The molecule has 1 N–H and O–H groups in total. The molecular formula is C22H26N2O3. The van der Waals surface area contributed by atoms with Gasteiger partial charge in [0.25, 0.3) is 11.8 Å². The van der Waals surface area contributed by atoms with Gasteiger partial charge < -0.3 is 15.0 Å². The highest BCUT2D eigenvalue weighted by molar-refractivity contribution is 6.04. The Morgan fingerprint density at radius 2 is 1.67 bits per heavy atom. The Hall–Kier alpha value is -2.82. The minimum atomic E-state index is -0.679. The second-order valence-corrected chi connectivity index (χ2v) is 7.12. The number of aryl methyl sites for hydroxylation is 2. The number of carbonyl (C=O) groups is 2. The first kappa shape index (κ1) is 19.0. The number of hydrogen-bond acceptors (Lipinski definition) is 3. The third-order valence-electron chi connectivity index (χ3n) is 4.69. The number of nitrogens with one attached hydrogen (secondary N) is 1. The van der Waals surface area contributed by atoms with E-state index in [1.807, 2.05) is 43.0 Å². The van der Waals surface area contributed by atoms with Crippen LogP contribution in [0.1, 0.15) is 41.3 Å². The summed E-state index contributed by atoms with van der Waals surface area (Å²) in [6, 6.07) is 13.0. The van der Waals surface area contributed by atoms with Crippen molar-refractivity contribution in [2.24, 2.45) is 0 Å². The SMILES string of the molecule is Cc1cc(C)cc(O[C@@H](C)C(=O)Nc2ccccc2C(=O)N2CCCC2)c1. The Balaban J connectivity index is 1.71. The number of nitrogens with zero attached hydrogens (tertiary/aromatic N) is 1. The maximum Gasteiger partial charge on any atom is 0.265 e. The molecule has 1 saturated heterocycles. The highest BCUT2D eigenvalue weighted by atomic mass is 16.5. The molecule has 1 atom stereocenters. The lowest BCUT2D eigenvalue weighted by molar-refractivity contribution is -0.122. The first-order valence-corrected chi connectivity index (χ1v) is 9.38. The molecule has 0 unspecified atom stereocenters. The number of anilines is 1. The number of ether oxygens (including phenoxy) is 1. The van der Waals surface area contributed by atoms with Crippen LogP contribution < -0.4 is 10.1 Å². The van der Waals surface area contributed by atoms with E-state index in [0.29, 0.717) is 17.0 Å². The van der Waals surface area contributed by atoms with Crippen molar-refractivity contribution in [3.8, 4) is 5.75 Å². The summed E-state index contributed by atoms with van der Waals surface area (Å²) in [5.74, 6) is 0.346. The molecule has 1 heterocycles. The van der Waals surface area contributed by atoms with Gasteiger partial charge in [-0.15, -0.1) is 0 Å². The normalized spacial score (nSPS) is 14.7. The van der Waals surface area contributed by atoms with Crippen molar-refractivity contribution < 1.29 is 14.3 Å². The highest BCUT2D eigenvalue weighted by Crippen LogP contribution is 2.22.